The average Bonchev–Trinajstić information content (AvgIpc) is 3.20. The lowest BCUT2D eigenvalue weighted by atomic mass is 10.1. The van der Waals surface area contributed by atoms with E-state index in [1.165, 1.54) is 29.0 Å². The maximum Gasteiger partial charge on any atom is 0.418 e. The fraction of sp³-hybridized carbons (Fsp3) is 0.409. The Morgan fingerprint density at radius 3 is 2.60 bits per heavy atom. The van der Waals surface area contributed by atoms with E-state index in [1.807, 2.05) is 11.0 Å². The lowest BCUT2D eigenvalue weighted by Crippen LogP contribution is -2.36. The van der Waals surface area contributed by atoms with Gasteiger partial charge in [0.25, 0.3) is 0 Å². The first-order chi connectivity index (χ1) is 14.4. The molecule has 0 unspecified atom stereocenters. The number of nitrogens with one attached hydrogen (secondary N) is 1. The normalized spacial score (nSPS) is 16.4. The number of carbonyl (C=O) groups excluding carboxylic acids is 1. The number of rotatable bonds is 5. The third kappa shape index (κ3) is 4.92. The van der Waals surface area contributed by atoms with Crippen molar-refractivity contribution in [2.24, 2.45) is 0 Å². The maximum atomic E-state index is 13.6. The monoisotopic (exact) mass is 436 g/mol. The second-order valence-electron chi connectivity index (χ2n) is 7.45. The lowest BCUT2D eigenvalue weighted by molar-refractivity contribution is -0.136. The molecule has 0 spiro atoms. The number of halogens is 3. The molecule has 8 heteroatoms. The largest absolute Gasteiger partial charge is 0.418 e. The highest BCUT2D eigenvalue weighted by Gasteiger charge is 2.35. The van der Waals surface area contributed by atoms with Crippen LogP contribution in [0.4, 0.5) is 24.5 Å². The molecule has 2 aromatic rings. The van der Waals surface area contributed by atoms with E-state index in [0.29, 0.717) is 32.0 Å². The quantitative estimate of drug-likeness (QED) is 0.686. The van der Waals surface area contributed by atoms with Crippen LogP contribution in [0.15, 0.2) is 41.3 Å². The van der Waals surface area contributed by atoms with Gasteiger partial charge in [0.2, 0.25) is 5.91 Å². The molecule has 1 aliphatic heterocycles. The summed E-state index contributed by atoms with van der Waals surface area (Å²) in [5.74, 6) is -0.397. The zero-order valence-corrected chi connectivity index (χ0v) is 17.2. The predicted molar refractivity (Wildman–Crippen MR) is 112 cm³/mol. The Bertz CT molecular complexity index is 927. The molecule has 1 heterocycles. The van der Waals surface area contributed by atoms with Crippen molar-refractivity contribution < 1.29 is 22.7 Å². The van der Waals surface area contributed by atoms with Crippen LogP contribution in [-0.4, -0.2) is 38.0 Å². The highest BCUT2D eigenvalue weighted by atomic mass is 32.2. The van der Waals surface area contributed by atoms with Gasteiger partial charge in [-0.3, -0.25) is 4.79 Å². The van der Waals surface area contributed by atoms with Crippen LogP contribution in [0.5, 0.6) is 0 Å². The summed E-state index contributed by atoms with van der Waals surface area (Å²) >= 11 is 1.34. The predicted octanol–water partition coefficient (Wildman–Crippen LogP) is 4.76. The molecule has 2 aliphatic rings. The molecule has 0 atom stereocenters. The number of morpholine rings is 1. The molecule has 0 aromatic heterocycles. The molecule has 1 aliphatic carbocycles. The van der Waals surface area contributed by atoms with E-state index in [1.54, 1.807) is 6.07 Å². The second kappa shape index (κ2) is 8.89. The van der Waals surface area contributed by atoms with Crippen LogP contribution in [0.25, 0.3) is 0 Å². The van der Waals surface area contributed by atoms with Crippen molar-refractivity contribution in [1.82, 2.24) is 0 Å². The van der Waals surface area contributed by atoms with E-state index in [0.717, 1.165) is 30.2 Å². The number of alkyl halides is 3. The minimum Gasteiger partial charge on any atom is -0.378 e. The summed E-state index contributed by atoms with van der Waals surface area (Å²) in [5, 5.41) is 2.45. The highest BCUT2D eigenvalue weighted by molar-refractivity contribution is 8.00. The first-order valence-electron chi connectivity index (χ1n) is 9.98. The van der Waals surface area contributed by atoms with E-state index >= 15 is 0 Å². The average molecular weight is 436 g/mol. The lowest BCUT2D eigenvalue weighted by Gasteiger charge is -2.29. The van der Waals surface area contributed by atoms with Gasteiger partial charge in [0.15, 0.2) is 0 Å². The molecule has 1 saturated heterocycles. The van der Waals surface area contributed by atoms with Crippen LogP contribution in [0.1, 0.15) is 23.1 Å². The highest BCUT2D eigenvalue weighted by Crippen LogP contribution is 2.37. The van der Waals surface area contributed by atoms with Gasteiger partial charge in [0, 0.05) is 23.7 Å². The van der Waals surface area contributed by atoms with Crippen molar-refractivity contribution in [2.75, 3.05) is 42.3 Å². The van der Waals surface area contributed by atoms with Gasteiger partial charge < -0.3 is 15.0 Å². The van der Waals surface area contributed by atoms with E-state index in [-0.39, 0.29) is 11.4 Å². The van der Waals surface area contributed by atoms with Gasteiger partial charge in [-0.15, -0.1) is 11.8 Å². The summed E-state index contributed by atoms with van der Waals surface area (Å²) in [7, 11) is 0. The van der Waals surface area contributed by atoms with Gasteiger partial charge in [0.05, 0.1) is 30.2 Å². The van der Waals surface area contributed by atoms with E-state index < -0.39 is 17.6 Å². The SMILES string of the molecule is O=C(CSc1ccc2c(c1)CCC2)Nc1ccc(N2CCOCC2)cc1C(F)(F)F. The van der Waals surface area contributed by atoms with Crippen LogP contribution >= 0.6 is 11.8 Å². The zero-order valence-electron chi connectivity index (χ0n) is 16.4. The molecule has 0 radical (unpaired) electrons. The smallest absolute Gasteiger partial charge is 0.378 e. The van der Waals surface area contributed by atoms with Crippen molar-refractivity contribution >= 4 is 29.0 Å². The summed E-state index contributed by atoms with van der Waals surface area (Å²) in [6.07, 6.45) is -1.29. The molecule has 2 aromatic carbocycles. The van der Waals surface area contributed by atoms with Crippen LogP contribution in [0.2, 0.25) is 0 Å². The van der Waals surface area contributed by atoms with Crippen molar-refractivity contribution in [1.29, 1.82) is 0 Å². The summed E-state index contributed by atoms with van der Waals surface area (Å²) in [6.45, 7) is 2.06. The number of fused-ring (bicyclic) bond motifs is 1. The van der Waals surface area contributed by atoms with Crippen molar-refractivity contribution in [2.45, 2.75) is 30.3 Å². The summed E-state index contributed by atoms with van der Waals surface area (Å²) in [6, 6.07) is 10.2. The number of aryl methyl sites for hydroxylation is 2. The standard InChI is InChI=1S/C22H23F3N2O2S/c23-22(24,25)19-13-17(27-8-10-29-11-9-27)5-7-20(19)26-21(28)14-30-18-6-4-15-2-1-3-16(15)12-18/h4-7,12-13H,1-3,8-11,14H2,(H,26,28). The van der Waals surface area contributed by atoms with Crippen molar-refractivity contribution in [3.05, 3.63) is 53.1 Å². The number of hydrogen-bond acceptors (Lipinski definition) is 4. The third-order valence-electron chi connectivity index (χ3n) is 5.40. The van der Waals surface area contributed by atoms with Gasteiger partial charge in [-0.2, -0.15) is 13.2 Å². The fourth-order valence-electron chi connectivity index (χ4n) is 3.87. The van der Waals surface area contributed by atoms with Crippen LogP contribution in [-0.2, 0) is 28.5 Å². The van der Waals surface area contributed by atoms with Gasteiger partial charge in [0.1, 0.15) is 0 Å². The zero-order chi connectivity index (χ0) is 21.1. The Balaban J connectivity index is 1.44. The number of ether oxygens (including phenoxy) is 1. The fourth-order valence-corrected chi connectivity index (χ4v) is 4.63. The van der Waals surface area contributed by atoms with Crippen molar-refractivity contribution in [3.63, 3.8) is 0 Å². The summed E-state index contributed by atoms with van der Waals surface area (Å²) in [5.41, 5.74) is 2.09. The van der Waals surface area contributed by atoms with E-state index in [2.05, 4.69) is 17.4 Å². The van der Waals surface area contributed by atoms with Crippen LogP contribution in [0.3, 0.4) is 0 Å². The minimum atomic E-state index is -4.56. The molecule has 1 N–H and O–H groups in total. The number of carbonyl (C=O) groups is 1. The number of hydrogen-bond donors (Lipinski definition) is 1. The molecule has 1 amide bonds. The van der Waals surface area contributed by atoms with Crippen LogP contribution < -0.4 is 10.2 Å². The molecule has 4 rings (SSSR count). The number of benzene rings is 2. The Morgan fingerprint density at radius 2 is 1.83 bits per heavy atom. The molecule has 30 heavy (non-hydrogen) atoms. The van der Waals surface area contributed by atoms with Gasteiger partial charge >= 0.3 is 6.18 Å². The van der Waals surface area contributed by atoms with Crippen molar-refractivity contribution in [3.8, 4) is 0 Å². The summed E-state index contributed by atoms with van der Waals surface area (Å²) in [4.78, 5) is 15.2. The number of amides is 1. The van der Waals surface area contributed by atoms with Gasteiger partial charge in [-0.1, -0.05) is 6.07 Å². The Kier molecular flexibility index (Phi) is 6.24. The molecule has 160 valence electrons. The Morgan fingerprint density at radius 1 is 1.07 bits per heavy atom. The Hall–Kier alpha value is -2.19. The van der Waals surface area contributed by atoms with Gasteiger partial charge in [-0.05, 0) is 60.7 Å². The van der Waals surface area contributed by atoms with E-state index in [9.17, 15) is 18.0 Å². The summed E-state index contributed by atoms with van der Waals surface area (Å²) < 4.78 is 46.1. The third-order valence-corrected chi connectivity index (χ3v) is 6.39. The molecule has 4 nitrogen and oxygen atoms in total. The number of anilines is 2. The molecular formula is C22H23F3N2O2S. The number of nitrogens with zero attached hydrogens (tertiary/aromatic N) is 1. The molecule has 1 fully saturated rings. The first kappa shape index (κ1) is 21.1. The van der Waals surface area contributed by atoms with Crippen LogP contribution in [0, 0.1) is 0 Å². The minimum absolute atomic E-state index is 0.0568. The Labute approximate surface area is 177 Å². The molecular weight excluding hydrogens is 413 g/mol. The number of thioether (sulfide) groups is 1. The van der Waals surface area contributed by atoms with Gasteiger partial charge in [-0.25, -0.2) is 0 Å². The second-order valence-corrected chi connectivity index (χ2v) is 8.50. The first-order valence-corrected chi connectivity index (χ1v) is 11.0. The molecule has 0 saturated carbocycles. The maximum absolute atomic E-state index is 13.6. The van der Waals surface area contributed by atoms with E-state index in [4.69, 9.17) is 4.74 Å². The topological polar surface area (TPSA) is 41.6 Å². The molecule has 0 bridgehead atoms.